The van der Waals surface area contributed by atoms with Crippen LogP contribution in [0.1, 0.15) is 10.4 Å². The molecule has 0 saturated carbocycles. The van der Waals surface area contributed by atoms with Gasteiger partial charge in [0.2, 0.25) is 0 Å². The lowest BCUT2D eigenvalue weighted by molar-refractivity contribution is 0.0992. The normalized spacial score (nSPS) is 10.4. The zero-order valence-corrected chi connectivity index (χ0v) is 14.9. The van der Waals surface area contributed by atoms with Gasteiger partial charge in [-0.2, -0.15) is 0 Å². The first-order valence-electron chi connectivity index (χ1n) is 7.55. The van der Waals surface area contributed by atoms with Gasteiger partial charge in [0, 0.05) is 24.6 Å². The fourth-order valence-electron chi connectivity index (χ4n) is 2.33. The van der Waals surface area contributed by atoms with Crippen molar-refractivity contribution in [2.24, 2.45) is 0 Å². The van der Waals surface area contributed by atoms with Crippen LogP contribution in [-0.4, -0.2) is 17.9 Å². The first kappa shape index (κ1) is 17.3. The molecule has 1 N–H and O–H groups in total. The Labute approximate surface area is 156 Å². The third-order valence-corrected chi connectivity index (χ3v) is 4.38. The van der Waals surface area contributed by atoms with Crippen molar-refractivity contribution in [1.29, 1.82) is 0 Å². The van der Waals surface area contributed by atoms with Crippen molar-refractivity contribution >= 4 is 46.2 Å². The minimum Gasteiger partial charge on any atom is -0.354 e. The summed E-state index contributed by atoms with van der Waals surface area (Å²) in [4.78, 5) is 18.4. The van der Waals surface area contributed by atoms with E-state index in [-0.39, 0.29) is 5.91 Å². The SMILES string of the molecule is CN(C(=O)c1cncc(Nc2ccc(Cl)c(Cl)c2)c1)c1ccccc1. The summed E-state index contributed by atoms with van der Waals surface area (Å²) in [7, 11) is 1.73. The zero-order chi connectivity index (χ0) is 17.8. The van der Waals surface area contributed by atoms with E-state index in [1.165, 1.54) is 0 Å². The predicted molar refractivity (Wildman–Crippen MR) is 103 cm³/mol. The summed E-state index contributed by atoms with van der Waals surface area (Å²) in [6.45, 7) is 0. The van der Waals surface area contributed by atoms with Crippen LogP contribution in [0, 0.1) is 0 Å². The van der Waals surface area contributed by atoms with Gasteiger partial charge in [-0.25, -0.2) is 0 Å². The summed E-state index contributed by atoms with van der Waals surface area (Å²) in [6, 6.07) is 16.4. The second-order valence-corrected chi connectivity index (χ2v) is 6.23. The van der Waals surface area contributed by atoms with E-state index in [1.807, 2.05) is 30.3 Å². The number of anilines is 3. The van der Waals surface area contributed by atoms with Crippen LogP contribution in [0.2, 0.25) is 10.0 Å². The number of carbonyl (C=O) groups excluding carboxylic acids is 1. The Bertz CT molecular complexity index is 900. The lowest BCUT2D eigenvalue weighted by Gasteiger charge is -2.17. The van der Waals surface area contributed by atoms with Crippen molar-refractivity contribution in [2.45, 2.75) is 0 Å². The number of amides is 1. The lowest BCUT2D eigenvalue weighted by Crippen LogP contribution is -2.26. The summed E-state index contributed by atoms with van der Waals surface area (Å²) in [5.41, 5.74) is 2.75. The Kier molecular flexibility index (Phi) is 5.22. The van der Waals surface area contributed by atoms with Crippen molar-refractivity contribution in [1.82, 2.24) is 4.98 Å². The Morgan fingerprint density at radius 1 is 0.960 bits per heavy atom. The summed E-state index contributed by atoms with van der Waals surface area (Å²) >= 11 is 11.9. The summed E-state index contributed by atoms with van der Waals surface area (Å²) in [5, 5.41) is 4.11. The number of hydrogen-bond acceptors (Lipinski definition) is 3. The number of para-hydroxylation sites is 1. The van der Waals surface area contributed by atoms with Gasteiger partial charge in [-0.3, -0.25) is 9.78 Å². The van der Waals surface area contributed by atoms with Gasteiger partial charge in [0.15, 0.2) is 0 Å². The van der Waals surface area contributed by atoms with Gasteiger partial charge in [0.25, 0.3) is 5.91 Å². The number of hydrogen-bond donors (Lipinski definition) is 1. The Balaban J connectivity index is 1.81. The maximum absolute atomic E-state index is 12.7. The molecule has 4 nitrogen and oxygen atoms in total. The molecule has 1 amide bonds. The molecular formula is C19H15Cl2N3O. The van der Waals surface area contributed by atoms with Gasteiger partial charge in [-0.05, 0) is 36.4 Å². The zero-order valence-electron chi connectivity index (χ0n) is 13.4. The fourth-order valence-corrected chi connectivity index (χ4v) is 2.63. The molecule has 0 saturated heterocycles. The molecule has 6 heteroatoms. The molecule has 3 aromatic rings. The van der Waals surface area contributed by atoms with E-state index in [2.05, 4.69) is 10.3 Å². The van der Waals surface area contributed by atoms with Crippen LogP contribution in [0.4, 0.5) is 17.1 Å². The highest BCUT2D eigenvalue weighted by Crippen LogP contribution is 2.27. The van der Waals surface area contributed by atoms with Crippen molar-refractivity contribution in [3.8, 4) is 0 Å². The lowest BCUT2D eigenvalue weighted by atomic mass is 10.2. The highest BCUT2D eigenvalue weighted by molar-refractivity contribution is 6.42. The number of benzene rings is 2. The minimum atomic E-state index is -0.142. The number of rotatable bonds is 4. The van der Waals surface area contributed by atoms with Crippen LogP contribution in [-0.2, 0) is 0 Å². The second-order valence-electron chi connectivity index (χ2n) is 5.42. The van der Waals surface area contributed by atoms with Crippen molar-refractivity contribution in [2.75, 3.05) is 17.3 Å². The molecule has 0 aliphatic heterocycles. The average Bonchev–Trinajstić information content (AvgIpc) is 2.64. The largest absolute Gasteiger partial charge is 0.354 e. The molecule has 1 heterocycles. The number of nitrogens with zero attached hydrogens (tertiary/aromatic N) is 2. The van der Waals surface area contributed by atoms with E-state index in [1.54, 1.807) is 48.6 Å². The minimum absolute atomic E-state index is 0.142. The quantitative estimate of drug-likeness (QED) is 0.666. The van der Waals surface area contributed by atoms with E-state index in [4.69, 9.17) is 23.2 Å². The van der Waals surface area contributed by atoms with Gasteiger partial charge in [-0.15, -0.1) is 0 Å². The Morgan fingerprint density at radius 3 is 2.44 bits per heavy atom. The second kappa shape index (κ2) is 7.55. The number of aromatic nitrogens is 1. The van der Waals surface area contributed by atoms with Gasteiger partial charge in [0.1, 0.15) is 0 Å². The average molecular weight is 372 g/mol. The highest BCUT2D eigenvalue weighted by atomic mass is 35.5. The Morgan fingerprint density at radius 2 is 1.72 bits per heavy atom. The van der Waals surface area contributed by atoms with E-state index in [9.17, 15) is 4.79 Å². The smallest absolute Gasteiger partial charge is 0.259 e. The highest BCUT2D eigenvalue weighted by Gasteiger charge is 2.14. The Hall–Kier alpha value is -2.56. The van der Waals surface area contributed by atoms with Crippen molar-refractivity contribution < 1.29 is 4.79 Å². The molecule has 1 aromatic heterocycles. The summed E-state index contributed by atoms with van der Waals surface area (Å²) < 4.78 is 0. The van der Waals surface area contributed by atoms with Crippen LogP contribution in [0.25, 0.3) is 0 Å². The van der Waals surface area contributed by atoms with Crippen molar-refractivity contribution in [3.63, 3.8) is 0 Å². The number of nitrogens with one attached hydrogen (secondary N) is 1. The number of halogens is 2. The molecular weight excluding hydrogens is 357 g/mol. The molecule has 0 unspecified atom stereocenters. The molecule has 0 aliphatic carbocycles. The van der Waals surface area contributed by atoms with Crippen LogP contribution in [0.15, 0.2) is 67.0 Å². The topological polar surface area (TPSA) is 45.2 Å². The molecule has 0 radical (unpaired) electrons. The van der Waals surface area contributed by atoms with E-state index >= 15 is 0 Å². The molecule has 126 valence electrons. The third-order valence-electron chi connectivity index (χ3n) is 3.64. The third kappa shape index (κ3) is 4.10. The first-order chi connectivity index (χ1) is 12.0. The van der Waals surface area contributed by atoms with Crippen LogP contribution in [0.3, 0.4) is 0 Å². The molecule has 0 fully saturated rings. The number of carbonyl (C=O) groups is 1. The monoisotopic (exact) mass is 371 g/mol. The van der Waals surface area contributed by atoms with E-state index in [0.717, 1.165) is 11.4 Å². The predicted octanol–water partition coefficient (Wildman–Crippen LogP) is 5.41. The number of pyridine rings is 1. The molecule has 0 atom stereocenters. The first-order valence-corrected chi connectivity index (χ1v) is 8.30. The van der Waals surface area contributed by atoms with Crippen LogP contribution >= 0.6 is 23.2 Å². The van der Waals surface area contributed by atoms with Crippen LogP contribution in [0.5, 0.6) is 0 Å². The molecule has 0 spiro atoms. The standard InChI is InChI=1S/C19H15Cl2N3O/c1-24(16-5-3-2-4-6-16)19(25)13-9-15(12-22-11-13)23-14-7-8-17(20)18(21)10-14/h2-12,23H,1H3. The van der Waals surface area contributed by atoms with Gasteiger partial charge >= 0.3 is 0 Å². The molecule has 0 aliphatic rings. The maximum atomic E-state index is 12.7. The van der Waals surface area contributed by atoms with Gasteiger partial charge < -0.3 is 10.2 Å². The molecule has 3 rings (SSSR count). The summed E-state index contributed by atoms with van der Waals surface area (Å²) in [6.07, 6.45) is 3.18. The molecule has 0 bridgehead atoms. The van der Waals surface area contributed by atoms with Gasteiger partial charge in [0.05, 0.1) is 27.5 Å². The van der Waals surface area contributed by atoms with E-state index in [0.29, 0.717) is 21.3 Å². The van der Waals surface area contributed by atoms with Crippen LogP contribution < -0.4 is 10.2 Å². The van der Waals surface area contributed by atoms with Crippen molar-refractivity contribution in [3.05, 3.63) is 82.6 Å². The molecule has 25 heavy (non-hydrogen) atoms. The molecule has 2 aromatic carbocycles. The van der Waals surface area contributed by atoms with E-state index < -0.39 is 0 Å². The maximum Gasteiger partial charge on any atom is 0.259 e. The fraction of sp³-hybridized carbons (Fsp3) is 0.0526. The summed E-state index contributed by atoms with van der Waals surface area (Å²) in [5.74, 6) is -0.142. The van der Waals surface area contributed by atoms with Gasteiger partial charge in [-0.1, -0.05) is 41.4 Å².